The number of hydrogen-bond acceptors (Lipinski definition) is 2. The summed E-state index contributed by atoms with van der Waals surface area (Å²) in [5, 5.41) is 0. The average Bonchev–Trinajstić information content (AvgIpc) is 2.75. The van der Waals surface area contributed by atoms with Gasteiger partial charge < -0.3 is 5.73 Å². The first-order chi connectivity index (χ1) is 6.90. The lowest BCUT2D eigenvalue weighted by Gasteiger charge is -2.22. The molecule has 0 aromatic heterocycles. The minimum atomic E-state index is 0.618. The van der Waals surface area contributed by atoms with Crippen molar-refractivity contribution in [3.63, 3.8) is 0 Å². The van der Waals surface area contributed by atoms with Crippen molar-refractivity contribution in [3.05, 3.63) is 35.4 Å². The Morgan fingerprint density at radius 3 is 3.00 bits per heavy atom. The summed E-state index contributed by atoms with van der Waals surface area (Å²) in [6.45, 7) is 1.92. The van der Waals surface area contributed by atoms with Crippen LogP contribution >= 0.6 is 0 Å². The topological polar surface area (TPSA) is 29.3 Å². The van der Waals surface area contributed by atoms with Crippen molar-refractivity contribution in [2.24, 2.45) is 5.73 Å². The zero-order valence-corrected chi connectivity index (χ0v) is 8.32. The molecule has 1 aromatic carbocycles. The molecule has 2 heterocycles. The molecule has 2 unspecified atom stereocenters. The third-order valence-corrected chi connectivity index (χ3v) is 3.68. The van der Waals surface area contributed by atoms with Crippen LogP contribution in [0.3, 0.4) is 0 Å². The fourth-order valence-corrected chi connectivity index (χ4v) is 2.96. The molecule has 2 nitrogen and oxygen atoms in total. The lowest BCUT2D eigenvalue weighted by atomic mass is 10.0. The molecule has 1 fully saturated rings. The van der Waals surface area contributed by atoms with Crippen molar-refractivity contribution >= 4 is 0 Å². The van der Waals surface area contributed by atoms with Gasteiger partial charge in [-0.25, -0.2) is 0 Å². The molecule has 0 saturated carbocycles. The summed E-state index contributed by atoms with van der Waals surface area (Å²) < 4.78 is 0. The highest BCUT2D eigenvalue weighted by Gasteiger charge is 2.38. The van der Waals surface area contributed by atoms with Crippen molar-refractivity contribution in [1.29, 1.82) is 0 Å². The molecule has 2 aliphatic rings. The van der Waals surface area contributed by atoms with Gasteiger partial charge in [-0.05, 0) is 24.0 Å². The van der Waals surface area contributed by atoms with Crippen molar-refractivity contribution in [2.75, 3.05) is 6.54 Å². The van der Waals surface area contributed by atoms with Crippen LogP contribution in [-0.2, 0) is 6.54 Å². The summed E-state index contributed by atoms with van der Waals surface area (Å²) in [5.41, 5.74) is 8.84. The maximum Gasteiger partial charge on any atom is 0.0358 e. The van der Waals surface area contributed by atoms with Gasteiger partial charge in [0.1, 0.15) is 0 Å². The first-order valence-corrected chi connectivity index (χ1v) is 5.44. The summed E-state index contributed by atoms with van der Waals surface area (Å²) in [4.78, 5) is 2.57. The van der Waals surface area contributed by atoms with Crippen LogP contribution in [0.25, 0.3) is 0 Å². The van der Waals surface area contributed by atoms with E-state index in [1.807, 2.05) is 0 Å². The zero-order chi connectivity index (χ0) is 9.54. The van der Waals surface area contributed by atoms with Gasteiger partial charge in [0.2, 0.25) is 0 Å². The molecule has 2 aliphatic heterocycles. The van der Waals surface area contributed by atoms with Crippen LogP contribution in [0.2, 0.25) is 0 Å². The molecule has 0 radical (unpaired) electrons. The van der Waals surface area contributed by atoms with Crippen LogP contribution < -0.4 is 5.73 Å². The molecule has 1 aromatic rings. The highest BCUT2D eigenvalue weighted by atomic mass is 15.2. The maximum atomic E-state index is 5.78. The average molecular weight is 188 g/mol. The Kier molecular flexibility index (Phi) is 1.85. The Bertz CT molecular complexity index is 348. The summed E-state index contributed by atoms with van der Waals surface area (Å²) in [5.74, 6) is 0. The van der Waals surface area contributed by atoms with E-state index < -0.39 is 0 Å². The summed E-state index contributed by atoms with van der Waals surface area (Å²) in [6, 6.07) is 10.1. The molecule has 0 amide bonds. The predicted molar refractivity (Wildman–Crippen MR) is 56.8 cm³/mol. The number of fused-ring (bicyclic) bond motifs is 3. The minimum absolute atomic E-state index is 0.618. The molecule has 3 rings (SSSR count). The quantitative estimate of drug-likeness (QED) is 0.726. The second-order valence-electron chi connectivity index (χ2n) is 4.35. The van der Waals surface area contributed by atoms with E-state index in [4.69, 9.17) is 5.73 Å². The monoisotopic (exact) mass is 188 g/mol. The molecule has 2 atom stereocenters. The third kappa shape index (κ3) is 1.04. The SMILES string of the molecule is NCC1CCC2c3ccccc3CN12. The van der Waals surface area contributed by atoms with E-state index in [2.05, 4.69) is 29.2 Å². The number of nitrogens with two attached hydrogens (primary N) is 1. The van der Waals surface area contributed by atoms with Crippen molar-refractivity contribution in [1.82, 2.24) is 4.90 Å². The summed E-state index contributed by atoms with van der Waals surface area (Å²) >= 11 is 0. The van der Waals surface area contributed by atoms with Gasteiger partial charge in [0, 0.05) is 25.2 Å². The van der Waals surface area contributed by atoms with Gasteiger partial charge in [0.15, 0.2) is 0 Å². The Balaban J connectivity index is 1.97. The summed E-state index contributed by atoms with van der Waals surface area (Å²) in [6.07, 6.45) is 2.56. The molecule has 2 heteroatoms. The van der Waals surface area contributed by atoms with Crippen LogP contribution in [0.4, 0.5) is 0 Å². The van der Waals surface area contributed by atoms with E-state index in [9.17, 15) is 0 Å². The van der Waals surface area contributed by atoms with E-state index in [0.29, 0.717) is 12.1 Å². The van der Waals surface area contributed by atoms with E-state index in [1.165, 1.54) is 18.4 Å². The molecule has 1 saturated heterocycles. The second kappa shape index (κ2) is 3.07. The Labute approximate surface area is 84.7 Å². The van der Waals surface area contributed by atoms with E-state index in [1.54, 1.807) is 5.56 Å². The molecule has 0 bridgehead atoms. The Hall–Kier alpha value is -0.860. The molecular formula is C12H16N2. The lowest BCUT2D eigenvalue weighted by molar-refractivity contribution is 0.213. The van der Waals surface area contributed by atoms with Gasteiger partial charge >= 0.3 is 0 Å². The summed E-state index contributed by atoms with van der Waals surface area (Å²) in [7, 11) is 0. The van der Waals surface area contributed by atoms with Gasteiger partial charge in [-0.2, -0.15) is 0 Å². The van der Waals surface area contributed by atoms with Gasteiger partial charge in [0.05, 0.1) is 0 Å². The molecule has 74 valence electrons. The first kappa shape index (κ1) is 8.45. The number of benzene rings is 1. The fraction of sp³-hybridized carbons (Fsp3) is 0.500. The molecular weight excluding hydrogens is 172 g/mol. The van der Waals surface area contributed by atoms with Gasteiger partial charge in [0.25, 0.3) is 0 Å². The standard InChI is InChI=1S/C12H16N2/c13-7-10-5-6-12-11-4-2-1-3-9(11)8-14(10)12/h1-4,10,12H,5-8,13H2. The number of nitrogens with zero attached hydrogens (tertiary/aromatic N) is 1. The third-order valence-electron chi connectivity index (χ3n) is 3.68. The van der Waals surface area contributed by atoms with Crippen LogP contribution in [0.5, 0.6) is 0 Å². The van der Waals surface area contributed by atoms with Crippen LogP contribution in [0.1, 0.15) is 30.0 Å². The normalized spacial score (nSPS) is 30.4. The van der Waals surface area contributed by atoms with Crippen molar-refractivity contribution < 1.29 is 0 Å². The lowest BCUT2D eigenvalue weighted by Crippen LogP contribution is -2.33. The predicted octanol–water partition coefficient (Wildman–Crippen LogP) is 1.66. The van der Waals surface area contributed by atoms with Crippen molar-refractivity contribution in [2.45, 2.75) is 31.5 Å². The van der Waals surface area contributed by atoms with E-state index in [0.717, 1.165) is 13.1 Å². The first-order valence-electron chi connectivity index (χ1n) is 5.44. The number of rotatable bonds is 1. The van der Waals surface area contributed by atoms with Crippen LogP contribution in [-0.4, -0.2) is 17.5 Å². The van der Waals surface area contributed by atoms with Crippen molar-refractivity contribution in [3.8, 4) is 0 Å². The van der Waals surface area contributed by atoms with Crippen LogP contribution in [0.15, 0.2) is 24.3 Å². The zero-order valence-electron chi connectivity index (χ0n) is 8.32. The molecule has 14 heavy (non-hydrogen) atoms. The minimum Gasteiger partial charge on any atom is -0.329 e. The largest absolute Gasteiger partial charge is 0.329 e. The molecule has 0 aliphatic carbocycles. The van der Waals surface area contributed by atoms with Crippen LogP contribution in [0, 0.1) is 0 Å². The maximum absolute atomic E-state index is 5.78. The van der Waals surface area contributed by atoms with Gasteiger partial charge in [-0.1, -0.05) is 24.3 Å². The van der Waals surface area contributed by atoms with Gasteiger partial charge in [-0.3, -0.25) is 4.90 Å². The highest BCUT2D eigenvalue weighted by molar-refractivity contribution is 5.35. The molecule has 2 N–H and O–H groups in total. The fourth-order valence-electron chi connectivity index (χ4n) is 2.96. The van der Waals surface area contributed by atoms with Gasteiger partial charge in [-0.15, -0.1) is 0 Å². The highest BCUT2D eigenvalue weighted by Crippen LogP contribution is 2.43. The smallest absolute Gasteiger partial charge is 0.0358 e. The van der Waals surface area contributed by atoms with E-state index >= 15 is 0 Å². The second-order valence-corrected chi connectivity index (χ2v) is 4.35. The molecule has 0 spiro atoms. The number of hydrogen-bond donors (Lipinski definition) is 1. The Morgan fingerprint density at radius 2 is 2.14 bits per heavy atom. The Morgan fingerprint density at radius 1 is 1.29 bits per heavy atom. The van der Waals surface area contributed by atoms with E-state index in [-0.39, 0.29) is 0 Å².